The smallest absolute Gasteiger partial charge is 0.223 e. The van der Waals surface area contributed by atoms with Crippen LogP contribution in [0.2, 0.25) is 0 Å². The Morgan fingerprint density at radius 3 is 3.05 bits per heavy atom. The third kappa shape index (κ3) is 4.14. The third-order valence-corrected chi connectivity index (χ3v) is 3.98. The van der Waals surface area contributed by atoms with E-state index in [4.69, 9.17) is 0 Å². The fourth-order valence-electron chi connectivity index (χ4n) is 2.71. The second kappa shape index (κ2) is 7.36. The Bertz CT molecular complexity index is 516. The number of halogens is 1. The topological polar surface area (TPSA) is 32.3 Å². The molecule has 0 radical (unpaired) electrons. The van der Waals surface area contributed by atoms with E-state index < -0.39 is 0 Å². The summed E-state index contributed by atoms with van der Waals surface area (Å²) in [6.07, 6.45) is 4.24. The van der Waals surface area contributed by atoms with Crippen LogP contribution in [0.15, 0.2) is 30.9 Å². The highest BCUT2D eigenvalue weighted by Gasteiger charge is 2.30. The molecule has 0 aromatic heterocycles. The lowest BCUT2D eigenvalue weighted by molar-refractivity contribution is -0.129. The van der Waals surface area contributed by atoms with Crippen molar-refractivity contribution in [3.8, 4) is 0 Å². The highest BCUT2D eigenvalue weighted by Crippen LogP contribution is 2.24. The second-order valence-corrected chi connectivity index (χ2v) is 5.58. The monoisotopic (exact) mass is 290 g/mol. The van der Waals surface area contributed by atoms with E-state index in [2.05, 4.69) is 11.9 Å². The molecule has 1 aromatic carbocycles. The summed E-state index contributed by atoms with van der Waals surface area (Å²) in [5, 5.41) is 3.26. The first-order valence-corrected chi connectivity index (χ1v) is 7.48. The Balaban J connectivity index is 1.96. The Morgan fingerprint density at radius 1 is 1.52 bits per heavy atom. The van der Waals surface area contributed by atoms with Gasteiger partial charge in [-0.2, -0.15) is 0 Å². The van der Waals surface area contributed by atoms with Gasteiger partial charge in [0.15, 0.2) is 0 Å². The van der Waals surface area contributed by atoms with E-state index in [1.165, 1.54) is 6.07 Å². The Labute approximate surface area is 125 Å². The SMILES string of the molecule is C=CCNCC[C@@H]1CCC(=O)N1Cc1ccc(C)c(F)c1. The quantitative estimate of drug-likeness (QED) is 0.618. The molecule has 0 saturated carbocycles. The van der Waals surface area contributed by atoms with Crippen molar-refractivity contribution in [2.24, 2.45) is 0 Å². The van der Waals surface area contributed by atoms with Crippen LogP contribution in [0.3, 0.4) is 0 Å². The van der Waals surface area contributed by atoms with Gasteiger partial charge in [0.2, 0.25) is 5.91 Å². The normalized spacial score (nSPS) is 18.3. The molecule has 21 heavy (non-hydrogen) atoms. The molecule has 1 saturated heterocycles. The number of rotatable bonds is 7. The average Bonchev–Trinajstić information content (AvgIpc) is 2.80. The van der Waals surface area contributed by atoms with Crippen molar-refractivity contribution in [1.82, 2.24) is 10.2 Å². The van der Waals surface area contributed by atoms with Gasteiger partial charge >= 0.3 is 0 Å². The van der Waals surface area contributed by atoms with Gasteiger partial charge in [-0.3, -0.25) is 4.79 Å². The number of likely N-dealkylation sites (tertiary alicyclic amines) is 1. The summed E-state index contributed by atoms with van der Waals surface area (Å²) in [7, 11) is 0. The molecule has 3 nitrogen and oxygen atoms in total. The summed E-state index contributed by atoms with van der Waals surface area (Å²) in [6, 6.07) is 5.45. The van der Waals surface area contributed by atoms with Crippen molar-refractivity contribution in [2.45, 2.75) is 38.8 Å². The maximum atomic E-state index is 13.6. The molecule has 4 heteroatoms. The van der Waals surface area contributed by atoms with E-state index in [0.29, 0.717) is 18.5 Å². The zero-order valence-electron chi connectivity index (χ0n) is 12.6. The molecule has 1 aromatic rings. The largest absolute Gasteiger partial charge is 0.335 e. The maximum Gasteiger partial charge on any atom is 0.223 e. The van der Waals surface area contributed by atoms with Crippen LogP contribution in [0.5, 0.6) is 0 Å². The standard InChI is InChI=1S/C17H23FN2O/c1-3-9-19-10-8-15-6-7-17(21)20(15)12-14-5-4-13(2)16(18)11-14/h3-5,11,15,19H,1,6-10,12H2,2H3/t15-/m0/s1. The van der Waals surface area contributed by atoms with Crippen LogP contribution in [0.1, 0.15) is 30.4 Å². The zero-order chi connectivity index (χ0) is 15.2. The van der Waals surface area contributed by atoms with Crippen LogP contribution in [0.25, 0.3) is 0 Å². The van der Waals surface area contributed by atoms with E-state index in [1.54, 1.807) is 13.0 Å². The predicted molar refractivity (Wildman–Crippen MR) is 82.4 cm³/mol. The van der Waals surface area contributed by atoms with Crippen LogP contribution in [0.4, 0.5) is 4.39 Å². The predicted octanol–water partition coefficient (Wildman–Crippen LogP) is 2.79. The Kier molecular flexibility index (Phi) is 5.51. The van der Waals surface area contributed by atoms with Crippen molar-refractivity contribution in [3.05, 3.63) is 47.8 Å². The molecule has 114 valence electrons. The van der Waals surface area contributed by atoms with E-state index >= 15 is 0 Å². The number of benzene rings is 1. The highest BCUT2D eigenvalue weighted by atomic mass is 19.1. The van der Waals surface area contributed by atoms with Crippen LogP contribution in [-0.2, 0) is 11.3 Å². The first-order chi connectivity index (χ1) is 10.1. The molecule has 1 aliphatic rings. The number of nitrogens with zero attached hydrogens (tertiary/aromatic N) is 1. The number of carbonyl (C=O) groups is 1. The molecule has 1 fully saturated rings. The van der Waals surface area contributed by atoms with Crippen molar-refractivity contribution in [1.29, 1.82) is 0 Å². The first-order valence-electron chi connectivity index (χ1n) is 7.48. The molecule has 0 bridgehead atoms. The summed E-state index contributed by atoms with van der Waals surface area (Å²) < 4.78 is 13.6. The molecule has 0 aliphatic carbocycles. The molecule has 1 atom stereocenters. The minimum absolute atomic E-state index is 0.171. The lowest BCUT2D eigenvalue weighted by atomic mass is 10.1. The lowest BCUT2D eigenvalue weighted by Crippen LogP contribution is -2.34. The number of carbonyl (C=O) groups excluding carboxylic acids is 1. The zero-order valence-corrected chi connectivity index (χ0v) is 12.6. The van der Waals surface area contributed by atoms with Crippen molar-refractivity contribution < 1.29 is 9.18 Å². The van der Waals surface area contributed by atoms with Gasteiger partial charge < -0.3 is 10.2 Å². The number of aryl methyl sites for hydroxylation is 1. The molecule has 1 N–H and O–H groups in total. The van der Waals surface area contributed by atoms with Crippen molar-refractivity contribution in [2.75, 3.05) is 13.1 Å². The number of hydrogen-bond acceptors (Lipinski definition) is 2. The molecule has 1 aliphatic heterocycles. The van der Waals surface area contributed by atoms with Gasteiger partial charge in [-0.25, -0.2) is 4.39 Å². The van der Waals surface area contributed by atoms with Crippen LogP contribution in [0, 0.1) is 12.7 Å². The number of hydrogen-bond donors (Lipinski definition) is 1. The summed E-state index contributed by atoms with van der Waals surface area (Å²) in [5.74, 6) is -0.0342. The molecular formula is C17H23FN2O. The van der Waals surface area contributed by atoms with Gasteiger partial charge in [-0.1, -0.05) is 18.2 Å². The summed E-state index contributed by atoms with van der Waals surface area (Å²) in [5.41, 5.74) is 1.49. The van der Waals surface area contributed by atoms with Gasteiger partial charge in [0, 0.05) is 25.6 Å². The van der Waals surface area contributed by atoms with Gasteiger partial charge in [0.05, 0.1) is 0 Å². The molecule has 2 rings (SSSR count). The van der Waals surface area contributed by atoms with Crippen LogP contribution < -0.4 is 5.32 Å². The van der Waals surface area contributed by atoms with Gasteiger partial charge in [-0.05, 0) is 43.5 Å². The van der Waals surface area contributed by atoms with E-state index in [-0.39, 0.29) is 17.8 Å². The Hall–Kier alpha value is -1.68. The van der Waals surface area contributed by atoms with Gasteiger partial charge in [0.25, 0.3) is 0 Å². The molecule has 1 amide bonds. The summed E-state index contributed by atoms with van der Waals surface area (Å²) in [4.78, 5) is 13.9. The molecule has 1 heterocycles. The maximum absolute atomic E-state index is 13.6. The minimum atomic E-state index is -0.205. The van der Waals surface area contributed by atoms with Crippen molar-refractivity contribution in [3.63, 3.8) is 0 Å². The first kappa shape index (κ1) is 15.7. The summed E-state index contributed by atoms with van der Waals surface area (Å²) >= 11 is 0. The number of nitrogens with one attached hydrogen (secondary N) is 1. The second-order valence-electron chi connectivity index (χ2n) is 5.58. The summed E-state index contributed by atoms with van der Waals surface area (Å²) in [6.45, 7) is 7.56. The fraction of sp³-hybridized carbons (Fsp3) is 0.471. The van der Waals surface area contributed by atoms with E-state index in [9.17, 15) is 9.18 Å². The average molecular weight is 290 g/mol. The molecule has 0 unspecified atom stereocenters. The number of amides is 1. The van der Waals surface area contributed by atoms with Crippen LogP contribution >= 0.6 is 0 Å². The van der Waals surface area contributed by atoms with Gasteiger partial charge in [0.1, 0.15) is 5.82 Å². The molecular weight excluding hydrogens is 267 g/mol. The lowest BCUT2D eigenvalue weighted by Gasteiger charge is -2.25. The van der Waals surface area contributed by atoms with E-state index in [0.717, 1.165) is 31.5 Å². The highest BCUT2D eigenvalue weighted by molar-refractivity contribution is 5.78. The van der Waals surface area contributed by atoms with Gasteiger partial charge in [-0.15, -0.1) is 6.58 Å². The Morgan fingerprint density at radius 2 is 2.33 bits per heavy atom. The third-order valence-electron chi connectivity index (χ3n) is 3.98. The van der Waals surface area contributed by atoms with Crippen molar-refractivity contribution >= 4 is 5.91 Å². The fourth-order valence-corrected chi connectivity index (χ4v) is 2.71. The molecule has 0 spiro atoms. The van der Waals surface area contributed by atoms with Crippen LogP contribution in [-0.4, -0.2) is 29.9 Å². The van der Waals surface area contributed by atoms with E-state index in [1.807, 2.05) is 17.0 Å². The minimum Gasteiger partial charge on any atom is -0.335 e.